The van der Waals surface area contributed by atoms with Crippen molar-refractivity contribution < 1.29 is 18.3 Å². The molecule has 0 aliphatic carbocycles. The maximum absolute atomic E-state index is 13.0. The Morgan fingerprint density at radius 3 is 2.28 bits per heavy atom. The van der Waals surface area contributed by atoms with Gasteiger partial charge in [0.1, 0.15) is 23.3 Å². The Kier molecular flexibility index (Phi) is 6.21. The van der Waals surface area contributed by atoms with Crippen LogP contribution < -0.4 is 15.6 Å². The number of pyridine rings is 1. The first kappa shape index (κ1) is 22.4. The summed E-state index contributed by atoms with van der Waals surface area (Å²) in [5.74, 6) is 0.290. The zero-order valence-electron chi connectivity index (χ0n) is 16.6. The molecule has 0 radical (unpaired) electrons. The van der Waals surface area contributed by atoms with Gasteiger partial charge in [0.05, 0.1) is 30.5 Å². The van der Waals surface area contributed by atoms with Crippen LogP contribution in [0.3, 0.4) is 0 Å². The van der Waals surface area contributed by atoms with Crippen molar-refractivity contribution in [1.82, 2.24) is 4.31 Å². The maximum Gasteiger partial charge on any atom is 0.289 e. The summed E-state index contributed by atoms with van der Waals surface area (Å²) in [6, 6.07) is 10.9. The summed E-state index contributed by atoms with van der Waals surface area (Å²) in [5.41, 5.74) is 5.73. The molecule has 1 fully saturated rings. The molecule has 1 aromatic heterocycles. The maximum atomic E-state index is 13.0. The van der Waals surface area contributed by atoms with Gasteiger partial charge in [-0.15, -0.1) is 0 Å². The smallest absolute Gasteiger partial charge is 0.289 e. The van der Waals surface area contributed by atoms with E-state index >= 15 is 0 Å². The van der Waals surface area contributed by atoms with Crippen LogP contribution in [0, 0.1) is 44.1 Å². The number of nitrogens with zero attached hydrogens (tertiary/aromatic N) is 6. The molecule has 3 N–H and O–H groups in total. The van der Waals surface area contributed by atoms with Crippen LogP contribution in [0.4, 0.5) is 17.3 Å². The minimum Gasteiger partial charge on any atom is -0.318 e. The molecular formula is C19H17N8O4S+. The summed E-state index contributed by atoms with van der Waals surface area (Å²) in [6.07, 6.45) is -0.191. The third-order valence-electron chi connectivity index (χ3n) is 5.08. The van der Waals surface area contributed by atoms with Gasteiger partial charge < -0.3 is 5.73 Å². The second kappa shape index (κ2) is 8.86. The second-order valence-electron chi connectivity index (χ2n) is 6.79. The Hall–Kier alpha value is -4.25. The Balaban J connectivity index is 1.92. The van der Waals surface area contributed by atoms with Crippen molar-refractivity contribution in [2.24, 2.45) is 0 Å². The van der Waals surface area contributed by atoms with Crippen molar-refractivity contribution in [3.63, 3.8) is 0 Å². The van der Waals surface area contributed by atoms with Crippen LogP contribution in [0.5, 0.6) is 0 Å². The van der Waals surface area contributed by atoms with E-state index in [9.17, 15) is 29.1 Å². The van der Waals surface area contributed by atoms with Gasteiger partial charge in [-0.25, -0.2) is 13.4 Å². The molecule has 2 aromatic rings. The van der Waals surface area contributed by atoms with Gasteiger partial charge in [0.2, 0.25) is 21.7 Å². The summed E-state index contributed by atoms with van der Waals surface area (Å²) < 4.78 is 27.2. The first-order chi connectivity index (χ1) is 15.3. The summed E-state index contributed by atoms with van der Waals surface area (Å²) in [4.78, 5) is 14.6. The van der Waals surface area contributed by atoms with Crippen LogP contribution in [0.1, 0.15) is 16.7 Å². The number of rotatable bonds is 5. The van der Waals surface area contributed by atoms with Crippen molar-refractivity contribution >= 4 is 27.3 Å². The number of nitrogens with two attached hydrogens (primary N) is 1. The lowest BCUT2D eigenvalue weighted by molar-refractivity contribution is -0.387. The Morgan fingerprint density at radius 1 is 1.09 bits per heavy atom. The molecule has 162 valence electrons. The number of para-hydroxylation sites is 1. The molecule has 0 atom stereocenters. The second-order valence-corrected chi connectivity index (χ2v) is 8.70. The van der Waals surface area contributed by atoms with Gasteiger partial charge in [0.15, 0.2) is 4.90 Å². The van der Waals surface area contributed by atoms with Gasteiger partial charge >= 0.3 is 0 Å². The number of anilines is 2. The monoisotopic (exact) mass is 453 g/mol. The fourth-order valence-corrected chi connectivity index (χ4v) is 5.12. The highest BCUT2D eigenvalue weighted by molar-refractivity contribution is 7.89. The number of nitrogens with one attached hydrogen (secondary N) is 1. The fourth-order valence-electron chi connectivity index (χ4n) is 3.54. The largest absolute Gasteiger partial charge is 0.318 e. The zero-order chi connectivity index (χ0) is 23.5. The molecule has 12 nitrogen and oxygen atoms in total. The molecule has 1 aromatic carbocycles. The number of hydrogen-bond donors (Lipinski definition) is 1. The van der Waals surface area contributed by atoms with Crippen LogP contribution in [-0.4, -0.2) is 43.8 Å². The number of hydrogen-bond acceptors (Lipinski definition) is 9. The van der Waals surface area contributed by atoms with Crippen molar-refractivity contribution in [2.75, 3.05) is 36.8 Å². The van der Waals surface area contributed by atoms with Crippen molar-refractivity contribution in [2.45, 2.75) is 11.3 Å². The molecule has 0 amide bonds. The van der Waals surface area contributed by atoms with E-state index in [0.29, 0.717) is 0 Å². The topological polar surface area (TPSA) is 195 Å². The molecule has 3 rings (SSSR count). The van der Waals surface area contributed by atoms with Crippen molar-refractivity contribution in [1.29, 1.82) is 15.8 Å². The normalized spacial score (nSPS) is 14.2. The minimum atomic E-state index is -4.12. The van der Waals surface area contributed by atoms with E-state index in [4.69, 9.17) is 11.0 Å². The van der Waals surface area contributed by atoms with Gasteiger partial charge in [-0.2, -0.15) is 20.1 Å². The van der Waals surface area contributed by atoms with E-state index in [1.165, 1.54) is 18.2 Å². The molecule has 0 saturated carbocycles. The van der Waals surface area contributed by atoms with Gasteiger partial charge in [0, 0.05) is 24.7 Å². The van der Waals surface area contributed by atoms with Crippen molar-refractivity contribution in [3.05, 3.63) is 51.1 Å². The average Bonchev–Trinajstić information content (AvgIpc) is 2.79. The number of nitro benzene ring substituents is 1. The number of nitriles is 3. The first-order valence-electron chi connectivity index (χ1n) is 9.29. The first-order valence-corrected chi connectivity index (χ1v) is 10.7. The number of benzene rings is 1. The molecule has 1 saturated heterocycles. The fraction of sp³-hybridized carbons (Fsp3) is 0.263. The highest BCUT2D eigenvalue weighted by Crippen LogP contribution is 2.29. The van der Waals surface area contributed by atoms with Crippen LogP contribution in [0.25, 0.3) is 0 Å². The Bertz CT molecular complexity index is 1310. The van der Waals surface area contributed by atoms with Crippen LogP contribution in [0.2, 0.25) is 0 Å². The van der Waals surface area contributed by atoms with E-state index in [0.717, 1.165) is 10.4 Å². The SMILES string of the molecule is N#CCc1c(C#N)c(N)[nH+]c(N2CCN(S(=O)(=O)c3ccccc3[N+](=O)[O-])CC2)c1C#N. The summed E-state index contributed by atoms with van der Waals surface area (Å²) >= 11 is 0. The molecule has 32 heavy (non-hydrogen) atoms. The Labute approximate surface area is 183 Å². The predicted octanol–water partition coefficient (Wildman–Crippen LogP) is 0.311. The van der Waals surface area contributed by atoms with Crippen LogP contribution in [0.15, 0.2) is 29.2 Å². The van der Waals surface area contributed by atoms with Gasteiger partial charge in [-0.3, -0.25) is 15.0 Å². The standard InChI is InChI=1S/C19H16N8O4S/c20-6-5-13-14(11-21)18(23)24-19(15(13)12-22)25-7-9-26(10-8-25)32(30,31)17-4-2-1-3-16(17)27(28)29/h1-4H,5,7-10H2,(H2,23,24)/p+1. The zero-order valence-corrected chi connectivity index (χ0v) is 17.5. The molecule has 1 aliphatic rings. The van der Waals surface area contributed by atoms with Crippen LogP contribution >= 0.6 is 0 Å². The summed E-state index contributed by atoms with van der Waals surface area (Å²) in [5, 5.41) is 39.3. The van der Waals surface area contributed by atoms with E-state index in [1.807, 2.05) is 18.2 Å². The van der Waals surface area contributed by atoms with E-state index in [-0.39, 0.29) is 65.8 Å². The number of aromatic amines is 1. The molecule has 0 unspecified atom stereocenters. The third kappa shape index (κ3) is 3.88. The predicted molar refractivity (Wildman–Crippen MR) is 110 cm³/mol. The summed E-state index contributed by atoms with van der Waals surface area (Å²) in [6.45, 7) is 0.311. The highest BCUT2D eigenvalue weighted by Gasteiger charge is 2.36. The van der Waals surface area contributed by atoms with Crippen LogP contribution in [-0.2, 0) is 16.4 Å². The average molecular weight is 453 g/mol. The van der Waals surface area contributed by atoms with Gasteiger partial charge in [0.25, 0.3) is 5.69 Å². The molecule has 2 heterocycles. The number of sulfonamides is 1. The van der Waals surface area contributed by atoms with E-state index in [2.05, 4.69) is 4.98 Å². The molecule has 0 spiro atoms. The number of aromatic nitrogens is 1. The lowest BCUT2D eigenvalue weighted by Crippen LogP contribution is -2.50. The number of nitrogen functional groups attached to an aromatic ring is 1. The molecule has 0 bridgehead atoms. The highest BCUT2D eigenvalue weighted by atomic mass is 32.2. The summed E-state index contributed by atoms with van der Waals surface area (Å²) in [7, 11) is -4.12. The van der Waals surface area contributed by atoms with Gasteiger partial charge in [-0.05, 0) is 6.07 Å². The molecular weight excluding hydrogens is 436 g/mol. The third-order valence-corrected chi connectivity index (χ3v) is 7.02. The Morgan fingerprint density at radius 2 is 1.72 bits per heavy atom. The molecule has 1 aliphatic heterocycles. The van der Waals surface area contributed by atoms with E-state index < -0.39 is 20.6 Å². The van der Waals surface area contributed by atoms with Crippen molar-refractivity contribution in [3.8, 4) is 18.2 Å². The number of H-pyrrole nitrogens is 1. The molecule has 13 heteroatoms. The minimum absolute atomic E-state index is 0.000575. The number of nitro groups is 1. The number of piperazine rings is 1. The van der Waals surface area contributed by atoms with Gasteiger partial charge in [-0.1, -0.05) is 12.1 Å². The lowest BCUT2D eigenvalue weighted by Gasteiger charge is -2.32. The lowest BCUT2D eigenvalue weighted by atomic mass is 10.0. The quantitative estimate of drug-likeness (QED) is 0.489. The van der Waals surface area contributed by atoms with E-state index in [1.54, 1.807) is 4.90 Å².